The van der Waals surface area contributed by atoms with E-state index in [1.807, 2.05) is 35.7 Å². The summed E-state index contributed by atoms with van der Waals surface area (Å²) in [5.74, 6) is 1.63. The van der Waals surface area contributed by atoms with E-state index in [0.29, 0.717) is 0 Å². The number of benzene rings is 1. The number of methoxy groups -OCH3 is 1. The van der Waals surface area contributed by atoms with Gasteiger partial charge in [0, 0.05) is 5.41 Å². The van der Waals surface area contributed by atoms with Crippen molar-refractivity contribution in [2.45, 2.75) is 35.7 Å². The molecule has 0 saturated carbocycles. The van der Waals surface area contributed by atoms with Crippen molar-refractivity contribution in [3.8, 4) is 22.1 Å². The van der Waals surface area contributed by atoms with Gasteiger partial charge in [-0.25, -0.2) is 4.98 Å². The van der Waals surface area contributed by atoms with Crippen LogP contribution in [0.25, 0.3) is 16.4 Å². The Morgan fingerprint density at radius 1 is 1.10 bits per heavy atom. The molecule has 1 aromatic carbocycles. The third kappa shape index (κ3) is 4.28. The average Bonchev–Trinajstić information content (AvgIpc) is 3.41. The molecule has 9 heteroatoms. The van der Waals surface area contributed by atoms with Crippen molar-refractivity contribution in [1.29, 1.82) is 0 Å². The Morgan fingerprint density at radius 2 is 1.86 bits per heavy atom. The first kappa shape index (κ1) is 20.6. The largest absolute Gasteiger partial charge is 0.497 e. The Hall–Kier alpha value is -1.68. The summed E-state index contributed by atoms with van der Waals surface area (Å²) in [6.07, 6.45) is 0. The minimum Gasteiger partial charge on any atom is -0.497 e. The summed E-state index contributed by atoms with van der Waals surface area (Å²) in [6.45, 7) is 6.49. The molecule has 5 nitrogen and oxygen atoms in total. The van der Waals surface area contributed by atoms with Gasteiger partial charge >= 0.3 is 0 Å². The SMILES string of the molecule is COc1ccc(-n2c(Sc3nc(C(C)(C)C)c(Br)s3)nnc2-c2cccs2)cc1. The zero-order valence-corrected chi connectivity index (χ0v) is 20.4. The first-order valence-corrected chi connectivity index (χ1v) is 12.2. The number of thiophene rings is 1. The van der Waals surface area contributed by atoms with Gasteiger partial charge in [-0.3, -0.25) is 4.57 Å². The molecule has 0 N–H and O–H groups in total. The normalized spacial score (nSPS) is 11.8. The second-order valence-electron chi connectivity index (χ2n) is 7.27. The molecule has 0 aliphatic carbocycles. The summed E-state index contributed by atoms with van der Waals surface area (Å²) in [6, 6.07) is 12.0. The number of hydrogen-bond acceptors (Lipinski definition) is 7. The van der Waals surface area contributed by atoms with E-state index in [4.69, 9.17) is 9.72 Å². The molecule has 150 valence electrons. The number of rotatable bonds is 5. The van der Waals surface area contributed by atoms with Gasteiger partial charge in [0.2, 0.25) is 5.16 Å². The Kier molecular flexibility index (Phi) is 5.83. The number of nitrogens with zero attached hydrogens (tertiary/aromatic N) is 4. The van der Waals surface area contributed by atoms with E-state index in [0.717, 1.165) is 41.1 Å². The van der Waals surface area contributed by atoms with Crippen molar-refractivity contribution in [3.63, 3.8) is 0 Å². The minimum absolute atomic E-state index is 0.0278. The lowest BCUT2D eigenvalue weighted by Gasteiger charge is -2.15. The summed E-state index contributed by atoms with van der Waals surface area (Å²) < 4.78 is 9.37. The molecule has 0 fully saturated rings. The smallest absolute Gasteiger partial charge is 0.203 e. The topological polar surface area (TPSA) is 52.8 Å². The van der Waals surface area contributed by atoms with Gasteiger partial charge < -0.3 is 4.74 Å². The summed E-state index contributed by atoms with van der Waals surface area (Å²) in [5, 5.41) is 11.8. The Labute approximate surface area is 190 Å². The van der Waals surface area contributed by atoms with E-state index >= 15 is 0 Å². The molecule has 0 unspecified atom stereocenters. The summed E-state index contributed by atoms with van der Waals surface area (Å²) in [4.78, 5) is 5.91. The van der Waals surface area contributed by atoms with Crippen molar-refractivity contribution in [2.24, 2.45) is 0 Å². The highest BCUT2D eigenvalue weighted by molar-refractivity contribution is 9.11. The first-order valence-electron chi connectivity index (χ1n) is 8.85. The highest BCUT2D eigenvalue weighted by Crippen LogP contribution is 2.41. The zero-order chi connectivity index (χ0) is 20.6. The Morgan fingerprint density at radius 3 is 2.45 bits per heavy atom. The third-order valence-corrected chi connectivity index (χ3v) is 7.74. The molecule has 0 amide bonds. The fraction of sp³-hybridized carbons (Fsp3) is 0.250. The third-order valence-electron chi connectivity index (χ3n) is 4.16. The van der Waals surface area contributed by atoms with Gasteiger partial charge in [-0.1, -0.05) is 38.2 Å². The molecule has 4 aromatic rings. The highest BCUT2D eigenvalue weighted by Gasteiger charge is 2.24. The summed E-state index contributed by atoms with van der Waals surface area (Å²) in [5.41, 5.74) is 2.01. The summed E-state index contributed by atoms with van der Waals surface area (Å²) in [7, 11) is 1.67. The van der Waals surface area contributed by atoms with Crippen LogP contribution in [0, 0.1) is 0 Å². The van der Waals surface area contributed by atoms with Crippen LogP contribution in [0.3, 0.4) is 0 Å². The Balaban J connectivity index is 1.78. The van der Waals surface area contributed by atoms with Crippen LogP contribution in [-0.4, -0.2) is 26.9 Å². The molecule has 0 saturated heterocycles. The van der Waals surface area contributed by atoms with Gasteiger partial charge in [0.15, 0.2) is 10.2 Å². The van der Waals surface area contributed by atoms with Crippen LogP contribution in [0.15, 0.2) is 55.1 Å². The fourth-order valence-corrected chi connectivity index (χ4v) is 6.93. The maximum atomic E-state index is 5.31. The molecule has 3 aromatic heterocycles. The molecule has 0 aliphatic rings. The van der Waals surface area contributed by atoms with E-state index in [-0.39, 0.29) is 5.41 Å². The molecule has 3 heterocycles. The van der Waals surface area contributed by atoms with Crippen LogP contribution in [-0.2, 0) is 5.41 Å². The van der Waals surface area contributed by atoms with Crippen LogP contribution in [0.4, 0.5) is 0 Å². The van der Waals surface area contributed by atoms with Crippen molar-refractivity contribution in [2.75, 3.05) is 7.11 Å². The second kappa shape index (κ2) is 8.22. The zero-order valence-electron chi connectivity index (χ0n) is 16.3. The Bertz CT molecular complexity index is 1110. The lowest BCUT2D eigenvalue weighted by Crippen LogP contribution is -2.12. The molecule has 0 atom stereocenters. The van der Waals surface area contributed by atoms with Crippen LogP contribution in [0.1, 0.15) is 26.5 Å². The van der Waals surface area contributed by atoms with E-state index in [1.165, 1.54) is 11.8 Å². The maximum absolute atomic E-state index is 5.31. The van der Waals surface area contributed by atoms with E-state index in [1.54, 1.807) is 29.8 Å². The fourth-order valence-electron chi connectivity index (χ4n) is 2.73. The van der Waals surface area contributed by atoms with Crippen LogP contribution >= 0.6 is 50.4 Å². The molecule has 0 radical (unpaired) electrons. The van der Waals surface area contributed by atoms with Crippen molar-refractivity contribution >= 4 is 50.4 Å². The number of hydrogen-bond donors (Lipinski definition) is 0. The monoisotopic (exact) mass is 506 g/mol. The average molecular weight is 508 g/mol. The van der Waals surface area contributed by atoms with Crippen molar-refractivity contribution < 1.29 is 4.74 Å². The maximum Gasteiger partial charge on any atom is 0.203 e. The van der Waals surface area contributed by atoms with Gasteiger partial charge in [0.1, 0.15) is 5.75 Å². The molecule has 29 heavy (non-hydrogen) atoms. The van der Waals surface area contributed by atoms with Crippen molar-refractivity contribution in [1.82, 2.24) is 19.7 Å². The van der Waals surface area contributed by atoms with Gasteiger partial charge in [0.25, 0.3) is 0 Å². The van der Waals surface area contributed by atoms with E-state index in [9.17, 15) is 0 Å². The quantitative estimate of drug-likeness (QED) is 0.302. The minimum atomic E-state index is -0.0278. The second-order valence-corrected chi connectivity index (χ2v) is 11.8. The van der Waals surface area contributed by atoms with E-state index in [2.05, 4.69) is 57.5 Å². The van der Waals surface area contributed by atoms with Gasteiger partial charge in [-0.2, -0.15) is 0 Å². The number of aromatic nitrogens is 4. The molecular weight excluding hydrogens is 488 g/mol. The highest BCUT2D eigenvalue weighted by atomic mass is 79.9. The van der Waals surface area contributed by atoms with Crippen LogP contribution in [0.2, 0.25) is 0 Å². The van der Waals surface area contributed by atoms with Gasteiger partial charge in [-0.15, -0.1) is 21.5 Å². The molecule has 0 spiro atoms. The lowest BCUT2D eigenvalue weighted by atomic mass is 9.93. The standard InChI is InChI=1S/C20H19BrN4OS3/c1-20(2,3)15-16(21)28-19(22-15)29-18-24-23-17(14-6-5-11-27-14)25(18)12-7-9-13(26-4)10-8-12/h5-11H,1-4H3. The lowest BCUT2D eigenvalue weighted by molar-refractivity contribution is 0.414. The molecular formula is C20H19BrN4OS3. The number of halogens is 1. The van der Waals surface area contributed by atoms with Gasteiger partial charge in [0.05, 0.1) is 27.2 Å². The first-order chi connectivity index (χ1) is 13.9. The van der Waals surface area contributed by atoms with Gasteiger partial charge in [-0.05, 0) is 63.4 Å². The predicted octanol–water partition coefficient (Wildman–Crippen LogP) is 6.67. The predicted molar refractivity (Wildman–Crippen MR) is 124 cm³/mol. The molecule has 4 rings (SSSR count). The summed E-state index contributed by atoms with van der Waals surface area (Å²) >= 11 is 8.47. The number of thiazole rings is 1. The molecule has 0 bridgehead atoms. The van der Waals surface area contributed by atoms with Crippen molar-refractivity contribution in [3.05, 3.63) is 51.3 Å². The number of ether oxygens (including phenoxy) is 1. The van der Waals surface area contributed by atoms with E-state index < -0.39 is 0 Å². The van der Waals surface area contributed by atoms with Crippen LogP contribution in [0.5, 0.6) is 5.75 Å². The molecule has 0 aliphatic heterocycles. The van der Waals surface area contributed by atoms with Crippen LogP contribution < -0.4 is 4.74 Å².